The largest absolute Gasteiger partial charge is 0.497 e. The van der Waals surface area contributed by atoms with Crippen LogP contribution in [0.4, 0.5) is 0 Å². The van der Waals surface area contributed by atoms with Gasteiger partial charge < -0.3 is 14.6 Å². The van der Waals surface area contributed by atoms with E-state index in [2.05, 4.69) is 6.07 Å². The maximum atomic E-state index is 10.6. The van der Waals surface area contributed by atoms with Crippen LogP contribution in [0.3, 0.4) is 0 Å². The van der Waals surface area contributed by atoms with Crippen molar-refractivity contribution < 1.29 is 14.6 Å². The molecule has 1 aromatic rings. The third kappa shape index (κ3) is 2.39. The molecule has 0 spiro atoms. The summed E-state index contributed by atoms with van der Waals surface area (Å²) in [6.07, 6.45) is 2.58. The molecule has 102 valence electrons. The summed E-state index contributed by atoms with van der Waals surface area (Å²) >= 11 is 0. The topological polar surface area (TPSA) is 62.5 Å². The van der Waals surface area contributed by atoms with E-state index in [1.807, 2.05) is 0 Å². The standard InChI is InChI=1S/C15H19NO3/c1-18-11-5-6-13(19-2)12(9-11)14(17)15(10-16)7-3-4-8-15/h5-6,9,14,17H,3-4,7-8H2,1-2H3. The molecule has 2 rings (SSSR count). The summed E-state index contributed by atoms with van der Waals surface area (Å²) < 4.78 is 10.5. The molecule has 0 aliphatic heterocycles. The van der Waals surface area contributed by atoms with Crippen LogP contribution < -0.4 is 9.47 Å². The van der Waals surface area contributed by atoms with Crippen LogP contribution in [-0.2, 0) is 0 Å². The third-order valence-electron chi connectivity index (χ3n) is 3.97. The number of ether oxygens (including phenoxy) is 2. The first-order valence-electron chi connectivity index (χ1n) is 6.48. The summed E-state index contributed by atoms with van der Waals surface area (Å²) in [6, 6.07) is 7.61. The van der Waals surface area contributed by atoms with Crippen molar-refractivity contribution >= 4 is 0 Å². The van der Waals surface area contributed by atoms with Crippen LogP contribution >= 0.6 is 0 Å². The highest BCUT2D eigenvalue weighted by molar-refractivity contribution is 5.43. The van der Waals surface area contributed by atoms with Gasteiger partial charge in [0, 0.05) is 5.56 Å². The summed E-state index contributed by atoms with van der Waals surface area (Å²) in [5.41, 5.74) is -0.0649. The zero-order chi connectivity index (χ0) is 13.9. The minimum atomic E-state index is -0.843. The Balaban J connectivity index is 2.42. The number of hydrogen-bond donors (Lipinski definition) is 1. The van der Waals surface area contributed by atoms with Crippen LogP contribution in [0, 0.1) is 16.7 Å². The van der Waals surface area contributed by atoms with Crippen LogP contribution in [-0.4, -0.2) is 19.3 Å². The Hall–Kier alpha value is -1.73. The van der Waals surface area contributed by atoms with Crippen LogP contribution in [0.5, 0.6) is 11.5 Å². The first-order valence-corrected chi connectivity index (χ1v) is 6.48. The van der Waals surface area contributed by atoms with E-state index in [0.29, 0.717) is 17.1 Å². The quantitative estimate of drug-likeness (QED) is 0.905. The maximum Gasteiger partial charge on any atom is 0.124 e. The van der Waals surface area contributed by atoms with E-state index in [1.54, 1.807) is 32.4 Å². The molecule has 1 atom stereocenters. The van der Waals surface area contributed by atoms with E-state index >= 15 is 0 Å². The molecule has 1 aliphatic rings. The van der Waals surface area contributed by atoms with Crippen LogP contribution in [0.1, 0.15) is 37.4 Å². The highest BCUT2D eigenvalue weighted by atomic mass is 16.5. The molecular formula is C15H19NO3. The van der Waals surface area contributed by atoms with Gasteiger partial charge in [-0.2, -0.15) is 5.26 Å². The lowest BCUT2D eigenvalue weighted by Crippen LogP contribution is -2.24. The number of aliphatic hydroxyl groups excluding tert-OH is 1. The SMILES string of the molecule is COc1ccc(OC)c(C(O)C2(C#N)CCCC2)c1. The number of hydrogen-bond acceptors (Lipinski definition) is 4. The number of methoxy groups -OCH3 is 2. The lowest BCUT2D eigenvalue weighted by atomic mass is 9.78. The van der Waals surface area contributed by atoms with Crippen molar-refractivity contribution in [3.63, 3.8) is 0 Å². The Bertz CT molecular complexity index is 487. The smallest absolute Gasteiger partial charge is 0.124 e. The lowest BCUT2D eigenvalue weighted by Gasteiger charge is -2.28. The molecule has 1 aliphatic carbocycles. The highest BCUT2D eigenvalue weighted by Gasteiger charge is 2.42. The number of rotatable bonds is 4. The Morgan fingerprint density at radius 1 is 1.26 bits per heavy atom. The van der Waals surface area contributed by atoms with Gasteiger partial charge in [0.25, 0.3) is 0 Å². The maximum absolute atomic E-state index is 10.6. The molecule has 19 heavy (non-hydrogen) atoms. The fourth-order valence-electron chi connectivity index (χ4n) is 2.80. The van der Waals surface area contributed by atoms with Gasteiger partial charge in [-0.1, -0.05) is 12.8 Å². The summed E-state index contributed by atoms with van der Waals surface area (Å²) in [7, 11) is 3.14. The van der Waals surface area contributed by atoms with Crippen molar-refractivity contribution in [3.05, 3.63) is 23.8 Å². The predicted molar refractivity (Wildman–Crippen MR) is 71.0 cm³/mol. The fourth-order valence-corrected chi connectivity index (χ4v) is 2.80. The summed E-state index contributed by atoms with van der Waals surface area (Å²) in [5, 5.41) is 20.1. The van der Waals surface area contributed by atoms with E-state index in [9.17, 15) is 10.4 Å². The van der Waals surface area contributed by atoms with E-state index in [4.69, 9.17) is 9.47 Å². The Kier molecular flexibility index (Phi) is 3.96. The Morgan fingerprint density at radius 3 is 2.47 bits per heavy atom. The van der Waals surface area contributed by atoms with Crippen molar-refractivity contribution in [3.8, 4) is 17.6 Å². The van der Waals surface area contributed by atoms with Gasteiger partial charge in [0.05, 0.1) is 25.7 Å². The third-order valence-corrected chi connectivity index (χ3v) is 3.97. The van der Waals surface area contributed by atoms with Gasteiger partial charge in [-0.15, -0.1) is 0 Å². The van der Waals surface area contributed by atoms with Crippen LogP contribution in [0.25, 0.3) is 0 Å². The average Bonchev–Trinajstić information content (AvgIpc) is 2.95. The molecule has 4 nitrogen and oxygen atoms in total. The highest BCUT2D eigenvalue weighted by Crippen LogP contribution is 2.49. The predicted octanol–water partition coefficient (Wildman–Crippen LogP) is 2.82. The number of aliphatic hydroxyl groups is 1. The van der Waals surface area contributed by atoms with Gasteiger partial charge in [-0.05, 0) is 31.0 Å². The fraction of sp³-hybridized carbons (Fsp3) is 0.533. The van der Waals surface area contributed by atoms with Crippen LogP contribution in [0.2, 0.25) is 0 Å². The van der Waals surface area contributed by atoms with Gasteiger partial charge >= 0.3 is 0 Å². The second kappa shape index (κ2) is 5.50. The molecule has 1 aromatic carbocycles. The molecule has 0 heterocycles. The first-order chi connectivity index (χ1) is 9.16. The van der Waals surface area contributed by atoms with E-state index in [-0.39, 0.29) is 0 Å². The van der Waals surface area contributed by atoms with E-state index < -0.39 is 11.5 Å². The summed E-state index contributed by atoms with van der Waals surface area (Å²) in [6.45, 7) is 0. The van der Waals surface area contributed by atoms with E-state index in [0.717, 1.165) is 25.7 Å². The Morgan fingerprint density at radius 2 is 1.95 bits per heavy atom. The van der Waals surface area contributed by atoms with Crippen LogP contribution in [0.15, 0.2) is 18.2 Å². The van der Waals surface area contributed by atoms with E-state index in [1.165, 1.54) is 0 Å². The monoisotopic (exact) mass is 261 g/mol. The van der Waals surface area contributed by atoms with Crippen molar-refractivity contribution in [2.45, 2.75) is 31.8 Å². The average molecular weight is 261 g/mol. The van der Waals surface area contributed by atoms with Crippen molar-refractivity contribution in [2.24, 2.45) is 5.41 Å². The normalized spacial score (nSPS) is 18.6. The zero-order valence-corrected chi connectivity index (χ0v) is 11.3. The molecule has 0 radical (unpaired) electrons. The molecule has 0 amide bonds. The number of nitriles is 1. The molecule has 4 heteroatoms. The molecule has 1 unspecified atom stereocenters. The number of benzene rings is 1. The van der Waals surface area contributed by atoms with Crippen molar-refractivity contribution in [2.75, 3.05) is 14.2 Å². The minimum absolute atomic E-state index is 0.592. The zero-order valence-electron chi connectivity index (χ0n) is 11.3. The van der Waals surface area contributed by atoms with Crippen molar-refractivity contribution in [1.29, 1.82) is 5.26 Å². The van der Waals surface area contributed by atoms with Gasteiger partial charge in [0.15, 0.2) is 0 Å². The second-order valence-electron chi connectivity index (χ2n) is 4.99. The Labute approximate surface area is 113 Å². The minimum Gasteiger partial charge on any atom is -0.497 e. The molecular weight excluding hydrogens is 242 g/mol. The lowest BCUT2D eigenvalue weighted by molar-refractivity contribution is 0.0646. The first kappa shape index (κ1) is 13.7. The summed E-state index contributed by atoms with van der Waals surface area (Å²) in [4.78, 5) is 0. The molecule has 1 N–H and O–H groups in total. The van der Waals surface area contributed by atoms with Gasteiger partial charge in [0.1, 0.15) is 17.6 Å². The second-order valence-corrected chi connectivity index (χ2v) is 4.99. The van der Waals surface area contributed by atoms with Gasteiger partial charge in [-0.3, -0.25) is 0 Å². The summed E-state index contributed by atoms with van der Waals surface area (Å²) in [5.74, 6) is 1.25. The molecule has 1 fully saturated rings. The van der Waals surface area contributed by atoms with Gasteiger partial charge in [-0.25, -0.2) is 0 Å². The molecule has 0 bridgehead atoms. The molecule has 1 saturated carbocycles. The molecule has 0 saturated heterocycles. The molecule has 0 aromatic heterocycles. The number of nitrogens with zero attached hydrogens (tertiary/aromatic N) is 1. The van der Waals surface area contributed by atoms with Gasteiger partial charge in [0.2, 0.25) is 0 Å². The van der Waals surface area contributed by atoms with Crippen molar-refractivity contribution in [1.82, 2.24) is 0 Å².